The molecule has 0 saturated heterocycles. The fourth-order valence-corrected chi connectivity index (χ4v) is 1.79. The van der Waals surface area contributed by atoms with Gasteiger partial charge in [-0.15, -0.1) is 0 Å². The lowest BCUT2D eigenvalue weighted by Gasteiger charge is -1.99. The van der Waals surface area contributed by atoms with Crippen LogP contribution in [-0.2, 0) is 24.4 Å². The molecule has 0 aliphatic carbocycles. The van der Waals surface area contributed by atoms with Gasteiger partial charge >= 0.3 is 0 Å². The number of hydrogen-bond acceptors (Lipinski definition) is 4. The number of methoxy groups -OCH3 is 1. The summed E-state index contributed by atoms with van der Waals surface area (Å²) in [6, 6.07) is 4.03. The third-order valence-corrected chi connectivity index (χ3v) is 2.63. The van der Waals surface area contributed by atoms with E-state index in [-0.39, 0.29) is 0 Å². The Balaban J connectivity index is 1.93. The molecule has 0 aliphatic rings. The molecule has 2 aromatic rings. The maximum atomic E-state index is 5.15. The minimum atomic E-state index is 0.463. The number of ether oxygens (including phenoxy) is 1. The van der Waals surface area contributed by atoms with Crippen LogP contribution in [0, 0.1) is 0 Å². The van der Waals surface area contributed by atoms with E-state index in [1.54, 1.807) is 7.11 Å². The Hall–Kier alpha value is -1.59. The molecule has 0 amide bonds. The van der Waals surface area contributed by atoms with Crippen LogP contribution in [-0.4, -0.2) is 23.4 Å². The van der Waals surface area contributed by atoms with Crippen molar-refractivity contribution in [2.24, 2.45) is 0 Å². The average Bonchev–Trinajstić information content (AvgIpc) is 2.98. The van der Waals surface area contributed by atoms with Gasteiger partial charge in [0.05, 0.1) is 6.54 Å². The van der Waals surface area contributed by atoms with Crippen LogP contribution in [0.4, 0.5) is 0 Å². The van der Waals surface area contributed by atoms with Gasteiger partial charge < -0.3 is 19.1 Å². The topological polar surface area (TPSA) is 52.2 Å². The van der Waals surface area contributed by atoms with Crippen molar-refractivity contribution in [3.05, 3.63) is 41.5 Å². The first kappa shape index (κ1) is 12.9. The van der Waals surface area contributed by atoms with Crippen molar-refractivity contribution in [2.75, 3.05) is 13.7 Å². The Morgan fingerprint density at radius 2 is 2.39 bits per heavy atom. The van der Waals surface area contributed by atoms with Gasteiger partial charge in [0.25, 0.3) is 0 Å². The molecular weight excluding hydrogens is 230 g/mol. The highest BCUT2D eigenvalue weighted by Crippen LogP contribution is 2.08. The van der Waals surface area contributed by atoms with E-state index in [0.29, 0.717) is 6.61 Å². The maximum absolute atomic E-state index is 5.15. The van der Waals surface area contributed by atoms with E-state index in [0.717, 1.165) is 31.1 Å². The Bertz CT molecular complexity index is 476. The lowest BCUT2D eigenvalue weighted by Crippen LogP contribution is -2.11. The van der Waals surface area contributed by atoms with Crippen LogP contribution in [0.5, 0.6) is 0 Å². The lowest BCUT2D eigenvalue weighted by atomic mass is 10.3. The molecule has 1 N–H and O–H groups in total. The van der Waals surface area contributed by atoms with Crippen LogP contribution >= 0.6 is 0 Å². The van der Waals surface area contributed by atoms with E-state index in [1.165, 1.54) is 5.56 Å². The molecule has 18 heavy (non-hydrogen) atoms. The predicted octanol–water partition coefficient (Wildman–Crippen LogP) is 1.78. The Morgan fingerprint density at radius 3 is 3.17 bits per heavy atom. The number of nitrogens with zero attached hydrogens (tertiary/aromatic N) is 2. The van der Waals surface area contributed by atoms with E-state index >= 15 is 0 Å². The highest BCUT2D eigenvalue weighted by Gasteiger charge is 2.04. The minimum absolute atomic E-state index is 0.463. The van der Waals surface area contributed by atoms with Crippen molar-refractivity contribution >= 4 is 0 Å². The van der Waals surface area contributed by atoms with Crippen LogP contribution in [0.1, 0.15) is 23.9 Å². The van der Waals surface area contributed by atoms with Crippen LogP contribution in [0.3, 0.4) is 0 Å². The summed E-state index contributed by atoms with van der Waals surface area (Å²) in [7, 11) is 1.64. The Labute approximate surface area is 107 Å². The van der Waals surface area contributed by atoms with E-state index in [9.17, 15) is 0 Å². The molecule has 5 nitrogen and oxygen atoms in total. The van der Waals surface area contributed by atoms with Crippen molar-refractivity contribution in [2.45, 2.75) is 26.6 Å². The summed E-state index contributed by atoms with van der Waals surface area (Å²) in [5, 5.41) is 7.31. The molecule has 0 bridgehead atoms. The first-order chi connectivity index (χ1) is 8.81. The molecule has 0 spiro atoms. The van der Waals surface area contributed by atoms with Gasteiger partial charge in [-0.1, -0.05) is 12.1 Å². The quantitative estimate of drug-likeness (QED) is 0.812. The van der Waals surface area contributed by atoms with Crippen LogP contribution < -0.4 is 5.32 Å². The third-order valence-electron chi connectivity index (χ3n) is 2.63. The molecule has 2 rings (SSSR count). The van der Waals surface area contributed by atoms with Gasteiger partial charge in [0, 0.05) is 32.1 Å². The fourth-order valence-electron chi connectivity index (χ4n) is 1.79. The summed E-state index contributed by atoms with van der Waals surface area (Å²) in [4.78, 5) is 0. The SMILES string of the molecule is CCNCc1ccn(Cc2cc(COC)on2)c1. The van der Waals surface area contributed by atoms with E-state index in [4.69, 9.17) is 9.26 Å². The Kier molecular flexibility index (Phi) is 4.55. The van der Waals surface area contributed by atoms with Crippen LogP contribution in [0.2, 0.25) is 0 Å². The number of rotatable bonds is 7. The molecule has 0 unspecified atom stereocenters. The molecule has 0 fully saturated rings. The lowest BCUT2D eigenvalue weighted by molar-refractivity contribution is 0.155. The van der Waals surface area contributed by atoms with Crippen LogP contribution in [0.25, 0.3) is 0 Å². The second-order valence-corrected chi connectivity index (χ2v) is 4.19. The van der Waals surface area contributed by atoms with Gasteiger partial charge in [-0.25, -0.2) is 0 Å². The van der Waals surface area contributed by atoms with E-state index < -0.39 is 0 Å². The molecule has 0 atom stereocenters. The highest BCUT2D eigenvalue weighted by atomic mass is 16.5. The van der Waals surface area contributed by atoms with E-state index in [1.807, 2.05) is 6.07 Å². The molecule has 0 aliphatic heterocycles. The summed E-state index contributed by atoms with van der Waals surface area (Å²) in [6.07, 6.45) is 4.17. The minimum Gasteiger partial charge on any atom is -0.377 e. The zero-order valence-electron chi connectivity index (χ0n) is 10.8. The zero-order chi connectivity index (χ0) is 12.8. The van der Waals surface area contributed by atoms with Crippen molar-refractivity contribution in [3.63, 3.8) is 0 Å². The van der Waals surface area contributed by atoms with Crippen LogP contribution in [0.15, 0.2) is 29.0 Å². The van der Waals surface area contributed by atoms with Gasteiger partial charge in [0.2, 0.25) is 0 Å². The van der Waals surface area contributed by atoms with Gasteiger partial charge in [0.15, 0.2) is 5.76 Å². The molecule has 0 radical (unpaired) electrons. The van der Waals surface area contributed by atoms with Gasteiger partial charge in [-0.3, -0.25) is 0 Å². The summed E-state index contributed by atoms with van der Waals surface area (Å²) >= 11 is 0. The molecule has 0 aromatic carbocycles. The zero-order valence-corrected chi connectivity index (χ0v) is 10.8. The molecule has 2 aromatic heterocycles. The monoisotopic (exact) mass is 249 g/mol. The highest BCUT2D eigenvalue weighted by molar-refractivity contribution is 5.12. The number of hydrogen-bond donors (Lipinski definition) is 1. The summed E-state index contributed by atoms with van der Waals surface area (Å²) in [5.74, 6) is 0.757. The Morgan fingerprint density at radius 1 is 1.50 bits per heavy atom. The molecule has 0 saturated carbocycles. The smallest absolute Gasteiger partial charge is 0.162 e. The largest absolute Gasteiger partial charge is 0.377 e. The molecular formula is C13H19N3O2. The average molecular weight is 249 g/mol. The summed E-state index contributed by atoms with van der Waals surface area (Å²) < 4.78 is 12.2. The summed E-state index contributed by atoms with van der Waals surface area (Å²) in [5.41, 5.74) is 2.19. The van der Waals surface area contributed by atoms with Crippen molar-refractivity contribution < 1.29 is 9.26 Å². The first-order valence-corrected chi connectivity index (χ1v) is 6.10. The fraction of sp³-hybridized carbons (Fsp3) is 0.462. The van der Waals surface area contributed by atoms with Gasteiger partial charge in [0.1, 0.15) is 12.3 Å². The standard InChI is InChI=1S/C13H19N3O2/c1-3-14-7-11-4-5-16(8-11)9-12-6-13(10-17-2)18-15-12/h4-6,8,14H,3,7,9-10H2,1-2H3. The predicted molar refractivity (Wildman–Crippen MR) is 68.1 cm³/mol. The molecule has 5 heteroatoms. The van der Waals surface area contributed by atoms with Gasteiger partial charge in [-0.2, -0.15) is 0 Å². The second kappa shape index (κ2) is 6.37. The van der Waals surface area contributed by atoms with Crippen molar-refractivity contribution in [1.82, 2.24) is 15.0 Å². The first-order valence-electron chi connectivity index (χ1n) is 6.10. The van der Waals surface area contributed by atoms with Crippen molar-refractivity contribution in [1.29, 1.82) is 0 Å². The normalized spacial score (nSPS) is 11.0. The summed E-state index contributed by atoms with van der Waals surface area (Å²) in [6.45, 7) is 5.17. The van der Waals surface area contributed by atoms with E-state index in [2.05, 4.69) is 40.4 Å². The second-order valence-electron chi connectivity index (χ2n) is 4.19. The van der Waals surface area contributed by atoms with Crippen molar-refractivity contribution in [3.8, 4) is 0 Å². The number of aromatic nitrogens is 2. The van der Waals surface area contributed by atoms with Gasteiger partial charge in [-0.05, 0) is 18.2 Å². The maximum Gasteiger partial charge on any atom is 0.162 e. The molecule has 98 valence electrons. The number of nitrogens with one attached hydrogen (secondary N) is 1. The third kappa shape index (κ3) is 3.45. The molecule has 2 heterocycles.